The molecule has 0 radical (unpaired) electrons. The van der Waals surface area contributed by atoms with Crippen LogP contribution in [0, 0.1) is 11.8 Å². The molecule has 3 atom stereocenters. The van der Waals surface area contributed by atoms with E-state index in [1.165, 1.54) is 0 Å². The second-order valence-electron chi connectivity index (χ2n) is 5.70. The summed E-state index contributed by atoms with van der Waals surface area (Å²) in [6.45, 7) is 4.64. The highest BCUT2D eigenvalue weighted by Crippen LogP contribution is 2.26. The molecule has 0 spiro atoms. The fourth-order valence-corrected chi connectivity index (χ4v) is 2.95. The van der Waals surface area contributed by atoms with Gasteiger partial charge in [0.15, 0.2) is 6.10 Å². The number of amides is 1. The number of piperidine rings is 1. The van der Waals surface area contributed by atoms with Crippen molar-refractivity contribution in [3.63, 3.8) is 0 Å². The Bertz CT molecular complexity index is 353. The van der Waals surface area contributed by atoms with Crippen LogP contribution in [0.3, 0.4) is 0 Å². The first-order valence-electron chi connectivity index (χ1n) is 7.28. The molecule has 1 N–H and O–H groups in total. The number of carboxylic acids is 1. The quantitative estimate of drug-likeness (QED) is 0.825. The fourth-order valence-electron chi connectivity index (χ4n) is 2.95. The zero-order valence-electron chi connectivity index (χ0n) is 11.9. The standard InChI is InChI=1S/C14H23NO5/c1-10(7-13(16)17)11-3-2-4-15(8-11)14(18)12-9-19-5-6-20-12/h10-12H,2-9H2,1H3,(H,16,17). The highest BCUT2D eigenvalue weighted by molar-refractivity contribution is 5.81. The zero-order chi connectivity index (χ0) is 14.5. The van der Waals surface area contributed by atoms with Crippen molar-refractivity contribution >= 4 is 11.9 Å². The molecule has 2 saturated heterocycles. The van der Waals surface area contributed by atoms with Gasteiger partial charge in [0.1, 0.15) is 0 Å². The number of ether oxygens (including phenoxy) is 2. The summed E-state index contributed by atoms with van der Waals surface area (Å²) < 4.78 is 10.7. The Hall–Kier alpha value is -1.14. The van der Waals surface area contributed by atoms with Gasteiger partial charge < -0.3 is 19.5 Å². The van der Waals surface area contributed by atoms with Gasteiger partial charge >= 0.3 is 5.97 Å². The van der Waals surface area contributed by atoms with E-state index in [1.807, 2.05) is 11.8 Å². The number of nitrogens with zero attached hydrogens (tertiary/aromatic N) is 1. The average molecular weight is 285 g/mol. The molecule has 114 valence electrons. The molecule has 6 heteroatoms. The number of hydrogen-bond acceptors (Lipinski definition) is 4. The molecule has 0 aromatic heterocycles. The lowest BCUT2D eigenvalue weighted by molar-refractivity contribution is -0.160. The lowest BCUT2D eigenvalue weighted by atomic mass is 9.84. The SMILES string of the molecule is CC(CC(=O)O)C1CCCN(C(=O)C2COCCO2)C1. The molecule has 2 fully saturated rings. The second kappa shape index (κ2) is 7.04. The highest BCUT2D eigenvalue weighted by atomic mass is 16.6. The molecule has 0 aromatic rings. The van der Waals surface area contributed by atoms with E-state index in [0.717, 1.165) is 19.4 Å². The van der Waals surface area contributed by atoms with Gasteiger partial charge in [0.05, 0.1) is 19.8 Å². The van der Waals surface area contributed by atoms with E-state index in [-0.39, 0.29) is 24.2 Å². The molecule has 0 aliphatic carbocycles. The normalized spacial score (nSPS) is 28.9. The first-order valence-corrected chi connectivity index (χ1v) is 7.28. The first-order chi connectivity index (χ1) is 9.58. The number of aliphatic carboxylic acids is 1. The van der Waals surface area contributed by atoms with Gasteiger partial charge in [-0.3, -0.25) is 9.59 Å². The second-order valence-corrected chi connectivity index (χ2v) is 5.70. The fraction of sp³-hybridized carbons (Fsp3) is 0.857. The van der Waals surface area contributed by atoms with Crippen molar-refractivity contribution in [2.24, 2.45) is 11.8 Å². The molecule has 2 aliphatic heterocycles. The first kappa shape index (κ1) is 15.3. The molecule has 2 aliphatic rings. The lowest BCUT2D eigenvalue weighted by Crippen LogP contribution is -2.49. The largest absolute Gasteiger partial charge is 0.481 e. The van der Waals surface area contributed by atoms with Crippen molar-refractivity contribution in [1.29, 1.82) is 0 Å². The molecule has 2 rings (SSSR count). The topological polar surface area (TPSA) is 76.1 Å². The molecule has 0 bridgehead atoms. The van der Waals surface area contributed by atoms with Crippen LogP contribution in [-0.4, -0.2) is 60.9 Å². The molecule has 3 unspecified atom stereocenters. The summed E-state index contributed by atoms with van der Waals surface area (Å²) in [4.78, 5) is 25.0. The molecule has 0 aromatic carbocycles. The summed E-state index contributed by atoms with van der Waals surface area (Å²) in [5.41, 5.74) is 0. The average Bonchev–Trinajstić information content (AvgIpc) is 2.47. The van der Waals surface area contributed by atoms with E-state index in [0.29, 0.717) is 26.4 Å². The third-order valence-electron chi connectivity index (χ3n) is 4.16. The molecular weight excluding hydrogens is 262 g/mol. The number of carbonyl (C=O) groups is 2. The van der Waals surface area contributed by atoms with Crippen molar-refractivity contribution in [3.05, 3.63) is 0 Å². The monoisotopic (exact) mass is 285 g/mol. The summed E-state index contributed by atoms with van der Waals surface area (Å²) in [7, 11) is 0. The van der Waals surface area contributed by atoms with Crippen LogP contribution in [0.5, 0.6) is 0 Å². The predicted molar refractivity (Wildman–Crippen MR) is 71.3 cm³/mol. The van der Waals surface area contributed by atoms with Crippen LogP contribution in [0.2, 0.25) is 0 Å². The minimum atomic E-state index is -0.773. The summed E-state index contributed by atoms with van der Waals surface area (Å²) in [5.74, 6) is -0.443. The summed E-state index contributed by atoms with van der Waals surface area (Å²) in [6, 6.07) is 0. The van der Waals surface area contributed by atoms with Crippen molar-refractivity contribution < 1.29 is 24.2 Å². The van der Waals surface area contributed by atoms with E-state index in [1.54, 1.807) is 0 Å². The van der Waals surface area contributed by atoms with Crippen LogP contribution in [-0.2, 0) is 19.1 Å². The Morgan fingerprint density at radius 3 is 2.85 bits per heavy atom. The Labute approximate surface area is 119 Å². The van der Waals surface area contributed by atoms with Gasteiger partial charge in [-0.15, -0.1) is 0 Å². The Morgan fingerprint density at radius 2 is 2.20 bits per heavy atom. The van der Waals surface area contributed by atoms with E-state index in [9.17, 15) is 9.59 Å². The van der Waals surface area contributed by atoms with Crippen molar-refractivity contribution in [3.8, 4) is 0 Å². The van der Waals surface area contributed by atoms with Crippen molar-refractivity contribution in [2.45, 2.75) is 32.3 Å². The van der Waals surface area contributed by atoms with Crippen LogP contribution in [0.4, 0.5) is 0 Å². The number of carboxylic acid groups (broad SMARTS) is 1. The molecular formula is C14H23NO5. The number of likely N-dealkylation sites (tertiary alicyclic amines) is 1. The Balaban J connectivity index is 1.88. The number of carbonyl (C=O) groups excluding carboxylic acids is 1. The van der Waals surface area contributed by atoms with Crippen molar-refractivity contribution in [1.82, 2.24) is 4.90 Å². The van der Waals surface area contributed by atoms with E-state index in [2.05, 4.69) is 0 Å². The van der Waals surface area contributed by atoms with Gasteiger partial charge in [-0.25, -0.2) is 0 Å². The third kappa shape index (κ3) is 3.93. The maximum absolute atomic E-state index is 12.3. The smallest absolute Gasteiger partial charge is 0.303 e. The molecule has 1 amide bonds. The minimum absolute atomic E-state index is 0.0167. The van der Waals surface area contributed by atoms with Crippen LogP contribution in [0.15, 0.2) is 0 Å². The predicted octanol–water partition coefficient (Wildman–Crippen LogP) is 0.751. The number of rotatable bonds is 4. The summed E-state index contributed by atoms with van der Waals surface area (Å²) in [5, 5.41) is 8.88. The Morgan fingerprint density at radius 1 is 1.40 bits per heavy atom. The van der Waals surface area contributed by atoms with Crippen LogP contribution < -0.4 is 0 Å². The van der Waals surface area contributed by atoms with Gasteiger partial charge in [-0.2, -0.15) is 0 Å². The zero-order valence-corrected chi connectivity index (χ0v) is 11.9. The van der Waals surface area contributed by atoms with Gasteiger partial charge in [0, 0.05) is 19.5 Å². The van der Waals surface area contributed by atoms with Crippen LogP contribution >= 0.6 is 0 Å². The molecule has 0 saturated carbocycles. The minimum Gasteiger partial charge on any atom is -0.481 e. The van der Waals surface area contributed by atoms with Gasteiger partial charge in [0.25, 0.3) is 5.91 Å². The van der Waals surface area contributed by atoms with Gasteiger partial charge in [-0.05, 0) is 24.7 Å². The lowest BCUT2D eigenvalue weighted by Gasteiger charge is -2.37. The molecule has 2 heterocycles. The van der Waals surface area contributed by atoms with Gasteiger partial charge in [0.2, 0.25) is 0 Å². The highest BCUT2D eigenvalue weighted by Gasteiger charge is 2.33. The van der Waals surface area contributed by atoms with Crippen molar-refractivity contribution in [2.75, 3.05) is 32.9 Å². The van der Waals surface area contributed by atoms with Crippen LogP contribution in [0.25, 0.3) is 0 Å². The Kier molecular flexibility index (Phi) is 5.37. The summed E-state index contributed by atoms with van der Waals surface area (Å²) >= 11 is 0. The molecule has 6 nitrogen and oxygen atoms in total. The van der Waals surface area contributed by atoms with E-state index >= 15 is 0 Å². The van der Waals surface area contributed by atoms with Gasteiger partial charge in [-0.1, -0.05) is 6.92 Å². The van der Waals surface area contributed by atoms with E-state index < -0.39 is 12.1 Å². The molecule has 20 heavy (non-hydrogen) atoms. The summed E-state index contributed by atoms with van der Waals surface area (Å²) in [6.07, 6.45) is 1.58. The number of hydrogen-bond donors (Lipinski definition) is 1. The van der Waals surface area contributed by atoms with E-state index in [4.69, 9.17) is 14.6 Å². The van der Waals surface area contributed by atoms with Crippen LogP contribution in [0.1, 0.15) is 26.2 Å². The third-order valence-corrected chi connectivity index (χ3v) is 4.16. The maximum atomic E-state index is 12.3. The maximum Gasteiger partial charge on any atom is 0.303 e.